The Morgan fingerprint density at radius 2 is 1.96 bits per heavy atom. The lowest BCUT2D eigenvalue weighted by molar-refractivity contribution is 0.426. The molecule has 9 heteroatoms. The molecular weight excluding hydrogens is 361 g/mol. The van der Waals surface area contributed by atoms with Crippen molar-refractivity contribution < 1.29 is 8.91 Å². The third kappa shape index (κ3) is 2.48. The van der Waals surface area contributed by atoms with Crippen LogP contribution in [0.3, 0.4) is 0 Å². The molecule has 4 aromatic heterocycles. The van der Waals surface area contributed by atoms with Gasteiger partial charge < -0.3 is 4.52 Å². The average molecular weight is 375 g/mol. The number of fused-ring (bicyclic) bond motifs is 1. The monoisotopic (exact) mass is 375 g/mol. The highest BCUT2D eigenvalue weighted by Gasteiger charge is 2.22. The first kappa shape index (κ1) is 16.3. The van der Waals surface area contributed by atoms with E-state index in [2.05, 4.69) is 25.4 Å². The van der Waals surface area contributed by atoms with Gasteiger partial charge in [0.2, 0.25) is 0 Å². The van der Waals surface area contributed by atoms with E-state index in [-0.39, 0.29) is 0 Å². The van der Waals surface area contributed by atoms with Crippen LogP contribution in [0.4, 0.5) is 4.39 Å². The Kier molecular flexibility index (Phi) is 3.54. The molecule has 0 amide bonds. The third-order valence-corrected chi connectivity index (χ3v) is 4.43. The zero-order valence-electron chi connectivity index (χ0n) is 15.0. The Morgan fingerprint density at radius 3 is 2.68 bits per heavy atom. The predicted molar refractivity (Wildman–Crippen MR) is 99.2 cm³/mol. The lowest BCUT2D eigenvalue weighted by Gasteiger charge is -2.07. The van der Waals surface area contributed by atoms with Crippen molar-refractivity contribution in [1.82, 2.24) is 35.1 Å². The van der Waals surface area contributed by atoms with Crippen LogP contribution < -0.4 is 0 Å². The average Bonchev–Trinajstić information content (AvgIpc) is 3.42. The summed E-state index contributed by atoms with van der Waals surface area (Å²) in [6, 6.07) is 10.1. The summed E-state index contributed by atoms with van der Waals surface area (Å²) in [6.45, 7) is 3.58. The molecule has 0 saturated carbocycles. The molecule has 0 bridgehead atoms. The minimum Gasteiger partial charge on any atom is -0.334 e. The highest BCUT2D eigenvalue weighted by atomic mass is 19.1. The Hall–Kier alpha value is -3.88. The molecule has 0 aliphatic rings. The summed E-state index contributed by atoms with van der Waals surface area (Å²) in [4.78, 5) is 9.07. The van der Waals surface area contributed by atoms with E-state index in [0.717, 1.165) is 5.39 Å². The molecule has 5 rings (SSSR count). The zero-order valence-corrected chi connectivity index (χ0v) is 15.0. The second-order valence-electron chi connectivity index (χ2n) is 6.32. The largest absolute Gasteiger partial charge is 0.334 e. The SMILES string of the molecule is Cc1noc(-c2cc(-c3ccn[nH]3)nc3c2c(C)nn3-c2ccccc2F)n1. The van der Waals surface area contributed by atoms with Crippen molar-refractivity contribution in [3.8, 4) is 28.5 Å². The second kappa shape index (κ2) is 6.08. The maximum atomic E-state index is 14.5. The quantitative estimate of drug-likeness (QED) is 0.517. The molecule has 138 valence electrons. The summed E-state index contributed by atoms with van der Waals surface area (Å²) in [5.74, 6) is 0.472. The van der Waals surface area contributed by atoms with Gasteiger partial charge in [-0.1, -0.05) is 17.3 Å². The van der Waals surface area contributed by atoms with Gasteiger partial charge in [0.15, 0.2) is 11.5 Å². The zero-order chi connectivity index (χ0) is 19.3. The van der Waals surface area contributed by atoms with E-state index in [0.29, 0.717) is 45.7 Å². The van der Waals surface area contributed by atoms with Gasteiger partial charge in [0.05, 0.1) is 28.0 Å². The normalized spacial score (nSPS) is 11.4. The van der Waals surface area contributed by atoms with Gasteiger partial charge in [-0.15, -0.1) is 0 Å². The number of halogens is 1. The number of para-hydroxylation sites is 1. The van der Waals surface area contributed by atoms with E-state index >= 15 is 0 Å². The summed E-state index contributed by atoms with van der Waals surface area (Å²) in [7, 11) is 0. The van der Waals surface area contributed by atoms with Crippen molar-refractivity contribution in [2.75, 3.05) is 0 Å². The Bertz CT molecular complexity index is 1300. The first-order chi connectivity index (χ1) is 13.6. The Morgan fingerprint density at radius 1 is 1.11 bits per heavy atom. The number of rotatable bonds is 3. The molecule has 0 unspecified atom stereocenters. The van der Waals surface area contributed by atoms with Gasteiger partial charge in [-0.2, -0.15) is 15.2 Å². The molecule has 5 aromatic rings. The van der Waals surface area contributed by atoms with Crippen molar-refractivity contribution >= 4 is 11.0 Å². The number of hydrogen-bond donors (Lipinski definition) is 1. The van der Waals surface area contributed by atoms with Crippen molar-refractivity contribution in [3.63, 3.8) is 0 Å². The first-order valence-electron chi connectivity index (χ1n) is 8.57. The summed E-state index contributed by atoms with van der Waals surface area (Å²) in [5, 5.41) is 16.0. The molecule has 0 aliphatic heterocycles. The number of H-pyrrole nitrogens is 1. The number of hydrogen-bond acceptors (Lipinski definition) is 6. The van der Waals surface area contributed by atoms with Gasteiger partial charge in [-0.3, -0.25) is 5.10 Å². The van der Waals surface area contributed by atoms with Gasteiger partial charge in [0, 0.05) is 6.20 Å². The van der Waals surface area contributed by atoms with Crippen LogP contribution in [0, 0.1) is 19.7 Å². The fourth-order valence-corrected chi connectivity index (χ4v) is 3.19. The fourth-order valence-electron chi connectivity index (χ4n) is 3.19. The highest BCUT2D eigenvalue weighted by Crippen LogP contribution is 2.34. The minimum atomic E-state index is -0.393. The molecule has 0 radical (unpaired) electrons. The number of nitrogens with one attached hydrogen (secondary N) is 1. The van der Waals surface area contributed by atoms with Gasteiger partial charge in [0.25, 0.3) is 5.89 Å². The Labute approximate surface area is 158 Å². The number of aromatic nitrogens is 7. The Balaban J connectivity index is 1.88. The number of nitrogens with zero attached hydrogens (tertiary/aromatic N) is 6. The molecule has 0 fully saturated rings. The summed E-state index contributed by atoms with van der Waals surface area (Å²) >= 11 is 0. The molecule has 8 nitrogen and oxygen atoms in total. The van der Waals surface area contributed by atoms with Crippen LogP contribution in [0.2, 0.25) is 0 Å². The maximum absolute atomic E-state index is 14.5. The van der Waals surface area contributed by atoms with E-state index in [9.17, 15) is 4.39 Å². The lowest BCUT2D eigenvalue weighted by atomic mass is 10.1. The molecule has 0 saturated heterocycles. The van der Waals surface area contributed by atoms with Gasteiger partial charge in [-0.05, 0) is 38.1 Å². The molecule has 1 N–H and O–H groups in total. The van der Waals surface area contributed by atoms with Crippen molar-refractivity contribution in [2.45, 2.75) is 13.8 Å². The van der Waals surface area contributed by atoms with E-state index in [1.54, 1.807) is 37.4 Å². The summed E-state index contributed by atoms with van der Waals surface area (Å²) in [6.07, 6.45) is 1.64. The van der Waals surface area contributed by atoms with Gasteiger partial charge in [-0.25, -0.2) is 14.1 Å². The van der Waals surface area contributed by atoms with E-state index in [1.165, 1.54) is 10.7 Å². The fraction of sp³-hybridized carbons (Fsp3) is 0.105. The molecule has 28 heavy (non-hydrogen) atoms. The smallest absolute Gasteiger partial charge is 0.258 e. The van der Waals surface area contributed by atoms with Crippen molar-refractivity contribution in [2.24, 2.45) is 0 Å². The van der Waals surface area contributed by atoms with E-state index in [1.807, 2.05) is 13.0 Å². The van der Waals surface area contributed by atoms with Gasteiger partial charge >= 0.3 is 0 Å². The number of aryl methyl sites for hydroxylation is 2. The summed E-state index contributed by atoms with van der Waals surface area (Å²) in [5.41, 5.74) is 3.46. The molecular formula is C19H14FN7O. The number of benzene rings is 1. The molecule has 0 spiro atoms. The highest BCUT2D eigenvalue weighted by molar-refractivity contribution is 5.95. The first-order valence-corrected chi connectivity index (χ1v) is 8.57. The van der Waals surface area contributed by atoms with Crippen LogP contribution >= 0.6 is 0 Å². The minimum absolute atomic E-state index is 0.308. The van der Waals surface area contributed by atoms with Crippen LogP contribution in [-0.4, -0.2) is 35.1 Å². The van der Waals surface area contributed by atoms with E-state index < -0.39 is 5.82 Å². The van der Waals surface area contributed by atoms with Crippen LogP contribution in [0.5, 0.6) is 0 Å². The third-order valence-electron chi connectivity index (χ3n) is 4.43. The van der Waals surface area contributed by atoms with Crippen molar-refractivity contribution in [3.05, 3.63) is 59.9 Å². The van der Waals surface area contributed by atoms with Crippen LogP contribution in [-0.2, 0) is 0 Å². The molecule has 4 heterocycles. The number of aromatic amines is 1. The molecule has 0 atom stereocenters. The predicted octanol–water partition coefficient (Wildman–Crippen LogP) is 3.62. The maximum Gasteiger partial charge on any atom is 0.258 e. The topological polar surface area (TPSA) is 98.3 Å². The van der Waals surface area contributed by atoms with Crippen LogP contribution in [0.15, 0.2) is 47.1 Å². The van der Waals surface area contributed by atoms with Crippen molar-refractivity contribution in [1.29, 1.82) is 0 Å². The lowest BCUT2D eigenvalue weighted by Crippen LogP contribution is -2.01. The van der Waals surface area contributed by atoms with Crippen LogP contribution in [0.1, 0.15) is 11.5 Å². The number of pyridine rings is 1. The standard InChI is InChI=1S/C19H14FN7O/c1-10-17-12(19-22-11(2)26-28-19)9-15(14-7-8-21-24-14)23-18(17)27(25-10)16-6-4-3-5-13(16)20/h3-9H,1-2H3,(H,21,24). The molecule has 0 aliphatic carbocycles. The van der Waals surface area contributed by atoms with Crippen LogP contribution in [0.25, 0.3) is 39.6 Å². The van der Waals surface area contributed by atoms with Gasteiger partial charge in [0.1, 0.15) is 11.5 Å². The summed E-state index contributed by atoms with van der Waals surface area (Å²) < 4.78 is 21.4. The molecule has 1 aromatic carbocycles. The van der Waals surface area contributed by atoms with E-state index in [4.69, 9.17) is 9.51 Å². The second-order valence-corrected chi connectivity index (χ2v) is 6.32.